The summed E-state index contributed by atoms with van der Waals surface area (Å²) < 4.78 is 11.0. The molecule has 1 aliphatic rings. The fourth-order valence-electron chi connectivity index (χ4n) is 2.05. The second-order valence-electron chi connectivity index (χ2n) is 5.87. The van der Waals surface area contributed by atoms with E-state index in [1.54, 1.807) is 6.08 Å². The lowest BCUT2D eigenvalue weighted by Gasteiger charge is -2.37. The average Bonchev–Trinajstić information content (AvgIpc) is 2.28. The van der Waals surface area contributed by atoms with E-state index in [0.717, 1.165) is 19.4 Å². The fraction of sp³-hybridized carbons (Fsp3) is 0.786. The van der Waals surface area contributed by atoms with E-state index >= 15 is 0 Å². The zero-order valence-electron chi connectivity index (χ0n) is 11.8. The molecule has 1 atom stereocenters. The van der Waals surface area contributed by atoms with Crippen molar-refractivity contribution in [3.05, 3.63) is 12.7 Å². The van der Waals surface area contributed by atoms with Gasteiger partial charge in [0.25, 0.3) is 0 Å². The van der Waals surface area contributed by atoms with Gasteiger partial charge in [0.15, 0.2) is 0 Å². The standard InChI is InChI=1S/C14H25NO3/c1-5-9-17-11-14(7-6-8-15-10-14)12(16)18-13(2,3)4/h5,15H,1,6-11H2,2-4H3. The molecule has 1 unspecified atom stereocenters. The third-order valence-corrected chi connectivity index (χ3v) is 2.92. The van der Waals surface area contributed by atoms with Crippen molar-refractivity contribution in [2.24, 2.45) is 5.41 Å². The van der Waals surface area contributed by atoms with Crippen molar-refractivity contribution in [2.75, 3.05) is 26.3 Å². The SMILES string of the molecule is C=CCOCC1(C(=O)OC(C)(C)C)CCCNC1. The molecule has 0 spiro atoms. The quantitative estimate of drug-likeness (QED) is 0.463. The van der Waals surface area contributed by atoms with Crippen molar-refractivity contribution < 1.29 is 14.3 Å². The van der Waals surface area contributed by atoms with Gasteiger partial charge in [0.05, 0.1) is 13.2 Å². The average molecular weight is 255 g/mol. The zero-order valence-corrected chi connectivity index (χ0v) is 11.8. The Morgan fingerprint density at radius 2 is 2.22 bits per heavy atom. The van der Waals surface area contributed by atoms with Crippen LogP contribution >= 0.6 is 0 Å². The molecule has 1 fully saturated rings. The van der Waals surface area contributed by atoms with Crippen molar-refractivity contribution in [2.45, 2.75) is 39.2 Å². The molecule has 0 aromatic heterocycles. The Balaban J connectivity index is 2.69. The molecule has 0 aromatic rings. The molecular formula is C14H25NO3. The first-order chi connectivity index (χ1) is 8.40. The summed E-state index contributed by atoms with van der Waals surface area (Å²) in [5, 5.41) is 3.26. The van der Waals surface area contributed by atoms with Crippen LogP contribution in [0.15, 0.2) is 12.7 Å². The summed E-state index contributed by atoms with van der Waals surface area (Å²) in [5.41, 5.74) is -1.01. The van der Waals surface area contributed by atoms with Crippen LogP contribution in [-0.4, -0.2) is 37.9 Å². The molecule has 1 N–H and O–H groups in total. The monoisotopic (exact) mass is 255 g/mol. The fourth-order valence-corrected chi connectivity index (χ4v) is 2.05. The van der Waals surface area contributed by atoms with Gasteiger partial charge in [-0.1, -0.05) is 6.08 Å². The van der Waals surface area contributed by atoms with Gasteiger partial charge in [-0.2, -0.15) is 0 Å². The van der Waals surface area contributed by atoms with E-state index in [2.05, 4.69) is 11.9 Å². The van der Waals surface area contributed by atoms with E-state index < -0.39 is 11.0 Å². The molecule has 0 saturated carbocycles. The Bertz CT molecular complexity index is 288. The lowest BCUT2D eigenvalue weighted by atomic mass is 9.81. The number of ether oxygens (including phenoxy) is 2. The first-order valence-electron chi connectivity index (χ1n) is 6.52. The van der Waals surface area contributed by atoms with Crippen molar-refractivity contribution >= 4 is 5.97 Å². The number of rotatable bonds is 5. The Hall–Kier alpha value is -0.870. The highest BCUT2D eigenvalue weighted by Crippen LogP contribution is 2.30. The maximum atomic E-state index is 12.4. The van der Waals surface area contributed by atoms with Crippen LogP contribution in [0.1, 0.15) is 33.6 Å². The van der Waals surface area contributed by atoms with E-state index in [1.165, 1.54) is 0 Å². The number of carbonyl (C=O) groups is 1. The van der Waals surface area contributed by atoms with Gasteiger partial charge < -0.3 is 14.8 Å². The van der Waals surface area contributed by atoms with Gasteiger partial charge in [-0.05, 0) is 40.2 Å². The molecule has 0 aliphatic carbocycles. The van der Waals surface area contributed by atoms with Crippen molar-refractivity contribution in [1.29, 1.82) is 0 Å². The molecule has 1 aliphatic heterocycles. The zero-order chi connectivity index (χ0) is 13.6. The van der Waals surface area contributed by atoms with Crippen LogP contribution in [0.25, 0.3) is 0 Å². The van der Waals surface area contributed by atoms with E-state index in [4.69, 9.17) is 9.47 Å². The first-order valence-corrected chi connectivity index (χ1v) is 6.52. The number of hydrogen-bond acceptors (Lipinski definition) is 4. The molecule has 18 heavy (non-hydrogen) atoms. The van der Waals surface area contributed by atoms with Crippen molar-refractivity contribution in [3.63, 3.8) is 0 Å². The maximum absolute atomic E-state index is 12.4. The highest BCUT2D eigenvalue weighted by Gasteiger charge is 2.42. The normalized spacial score (nSPS) is 24.6. The lowest BCUT2D eigenvalue weighted by molar-refractivity contribution is -0.172. The summed E-state index contributed by atoms with van der Waals surface area (Å²) in [6.07, 6.45) is 3.47. The van der Waals surface area contributed by atoms with E-state index in [9.17, 15) is 4.79 Å². The van der Waals surface area contributed by atoms with Gasteiger partial charge in [-0.3, -0.25) is 4.79 Å². The largest absolute Gasteiger partial charge is 0.459 e. The van der Waals surface area contributed by atoms with Crippen molar-refractivity contribution in [3.8, 4) is 0 Å². The van der Waals surface area contributed by atoms with Gasteiger partial charge in [0.2, 0.25) is 0 Å². The molecule has 0 bridgehead atoms. The van der Waals surface area contributed by atoms with Gasteiger partial charge in [-0.25, -0.2) is 0 Å². The van der Waals surface area contributed by atoms with Crippen LogP contribution in [0.4, 0.5) is 0 Å². The topological polar surface area (TPSA) is 47.6 Å². The molecule has 0 aromatic carbocycles. The van der Waals surface area contributed by atoms with Crippen LogP contribution in [0.5, 0.6) is 0 Å². The molecule has 1 saturated heterocycles. The molecule has 4 heteroatoms. The van der Waals surface area contributed by atoms with Gasteiger partial charge in [-0.15, -0.1) is 6.58 Å². The summed E-state index contributed by atoms with van der Waals surface area (Å²) >= 11 is 0. The second-order valence-corrected chi connectivity index (χ2v) is 5.87. The molecule has 4 nitrogen and oxygen atoms in total. The minimum atomic E-state index is -0.547. The van der Waals surface area contributed by atoms with Crippen LogP contribution in [0, 0.1) is 5.41 Å². The Morgan fingerprint density at radius 3 is 2.72 bits per heavy atom. The Labute approximate surface area is 110 Å². The van der Waals surface area contributed by atoms with E-state index in [0.29, 0.717) is 19.8 Å². The minimum Gasteiger partial charge on any atom is -0.459 e. The van der Waals surface area contributed by atoms with Crippen LogP contribution < -0.4 is 5.32 Å². The molecule has 1 rings (SSSR count). The number of piperidine rings is 1. The molecule has 0 amide bonds. The Morgan fingerprint density at radius 1 is 1.50 bits per heavy atom. The number of carbonyl (C=O) groups excluding carboxylic acids is 1. The van der Waals surface area contributed by atoms with Gasteiger partial charge in [0.1, 0.15) is 11.0 Å². The van der Waals surface area contributed by atoms with Crippen molar-refractivity contribution in [1.82, 2.24) is 5.32 Å². The van der Waals surface area contributed by atoms with E-state index in [-0.39, 0.29) is 5.97 Å². The predicted octanol–water partition coefficient (Wildman–Crippen LogP) is 1.90. The molecule has 104 valence electrons. The number of hydrogen-bond donors (Lipinski definition) is 1. The predicted molar refractivity (Wildman–Crippen MR) is 71.4 cm³/mol. The smallest absolute Gasteiger partial charge is 0.316 e. The lowest BCUT2D eigenvalue weighted by Crippen LogP contribution is -2.50. The van der Waals surface area contributed by atoms with Gasteiger partial charge in [0, 0.05) is 6.54 Å². The minimum absolute atomic E-state index is 0.161. The van der Waals surface area contributed by atoms with Crippen LogP contribution in [-0.2, 0) is 14.3 Å². The van der Waals surface area contributed by atoms with Gasteiger partial charge >= 0.3 is 5.97 Å². The molecular weight excluding hydrogens is 230 g/mol. The summed E-state index contributed by atoms with van der Waals surface area (Å²) in [6.45, 7) is 11.7. The summed E-state index contributed by atoms with van der Waals surface area (Å²) in [7, 11) is 0. The van der Waals surface area contributed by atoms with Crippen LogP contribution in [0.2, 0.25) is 0 Å². The summed E-state index contributed by atoms with van der Waals surface area (Å²) in [5.74, 6) is -0.161. The molecule has 0 radical (unpaired) electrons. The van der Waals surface area contributed by atoms with E-state index in [1.807, 2.05) is 20.8 Å². The highest BCUT2D eigenvalue weighted by atomic mass is 16.6. The number of esters is 1. The second kappa shape index (κ2) is 6.34. The highest BCUT2D eigenvalue weighted by molar-refractivity contribution is 5.78. The number of nitrogens with one attached hydrogen (secondary N) is 1. The third kappa shape index (κ3) is 4.42. The Kier molecular flexibility index (Phi) is 5.35. The third-order valence-electron chi connectivity index (χ3n) is 2.92. The first kappa shape index (κ1) is 15.2. The summed E-state index contributed by atoms with van der Waals surface area (Å²) in [4.78, 5) is 12.4. The van der Waals surface area contributed by atoms with Crippen LogP contribution in [0.3, 0.4) is 0 Å². The summed E-state index contributed by atoms with van der Waals surface area (Å²) in [6, 6.07) is 0. The maximum Gasteiger partial charge on any atom is 0.316 e. The molecule has 1 heterocycles.